The molecule has 0 radical (unpaired) electrons. The Bertz CT molecular complexity index is 275. The van der Waals surface area contributed by atoms with E-state index in [0.717, 1.165) is 12.3 Å². The van der Waals surface area contributed by atoms with Crippen LogP contribution in [0.4, 0.5) is 0 Å². The summed E-state index contributed by atoms with van der Waals surface area (Å²) in [5.41, 5.74) is -0.397. The van der Waals surface area contributed by atoms with Crippen LogP contribution in [0.3, 0.4) is 0 Å². The molecule has 1 heterocycles. The van der Waals surface area contributed by atoms with Crippen LogP contribution in [-0.4, -0.2) is 12.2 Å². The number of hydrogen-bond donors (Lipinski definition) is 1. The average molecular weight is 142 g/mol. The molecule has 4 nitrogen and oxygen atoms in total. The normalized spacial score (nSPS) is 9.30. The van der Waals surface area contributed by atoms with Crippen LogP contribution < -0.4 is 10.2 Å². The molecule has 0 aliphatic carbocycles. The fraction of sp³-hybridized carbons (Fsp3) is 0.167. The molecule has 54 valence electrons. The minimum atomic E-state index is -0.411. The van der Waals surface area contributed by atoms with Gasteiger partial charge < -0.3 is 14.3 Å². The van der Waals surface area contributed by atoms with Crippen molar-refractivity contribution in [2.24, 2.45) is 0 Å². The Hall–Kier alpha value is -1.45. The average Bonchev–Trinajstić information content (AvgIpc) is 1.88. The summed E-state index contributed by atoms with van der Waals surface area (Å²) in [5.74, 6) is -0.330. The van der Waals surface area contributed by atoms with E-state index in [2.05, 4.69) is 9.15 Å². The van der Waals surface area contributed by atoms with Crippen LogP contribution in [-0.2, 0) is 0 Å². The fourth-order valence-corrected chi connectivity index (χ4v) is 0.538. The summed E-state index contributed by atoms with van der Waals surface area (Å²) in [7, 11) is 1.35. The molecule has 0 aliphatic heterocycles. The first-order valence-electron chi connectivity index (χ1n) is 2.60. The third-order valence-corrected chi connectivity index (χ3v) is 1.00. The molecule has 0 aliphatic rings. The molecular weight excluding hydrogens is 136 g/mol. The van der Waals surface area contributed by atoms with Crippen molar-refractivity contribution in [3.8, 4) is 11.7 Å². The minimum absolute atomic E-state index is 0.0813. The van der Waals surface area contributed by atoms with E-state index < -0.39 is 11.4 Å². The van der Waals surface area contributed by atoms with Gasteiger partial charge in [0.1, 0.15) is 6.26 Å². The first-order chi connectivity index (χ1) is 4.74. The highest BCUT2D eigenvalue weighted by molar-refractivity contribution is 5.18. The van der Waals surface area contributed by atoms with Crippen LogP contribution in [0.15, 0.2) is 21.5 Å². The van der Waals surface area contributed by atoms with Gasteiger partial charge in [-0.15, -0.1) is 0 Å². The Morgan fingerprint density at radius 1 is 1.70 bits per heavy atom. The lowest BCUT2D eigenvalue weighted by Crippen LogP contribution is -2.01. The van der Waals surface area contributed by atoms with E-state index in [-0.39, 0.29) is 5.75 Å². The second kappa shape index (κ2) is 2.43. The lowest BCUT2D eigenvalue weighted by atomic mass is 10.5. The second-order valence-corrected chi connectivity index (χ2v) is 1.65. The second-order valence-electron chi connectivity index (χ2n) is 1.65. The van der Waals surface area contributed by atoms with E-state index in [1.807, 2.05) is 0 Å². The van der Waals surface area contributed by atoms with Crippen LogP contribution >= 0.6 is 0 Å². The zero-order valence-electron chi connectivity index (χ0n) is 5.33. The predicted octanol–water partition coefficient (Wildman–Crippen LogP) is 0.354. The Balaban J connectivity index is 3.20. The summed E-state index contributed by atoms with van der Waals surface area (Å²) >= 11 is 0. The Morgan fingerprint density at radius 3 is 2.90 bits per heavy atom. The quantitative estimate of drug-likeness (QED) is 0.614. The topological polar surface area (TPSA) is 59.7 Å². The summed E-state index contributed by atoms with van der Waals surface area (Å²) in [6.45, 7) is 0. The summed E-state index contributed by atoms with van der Waals surface area (Å²) in [6.07, 6.45) is 1.05. The minimum Gasteiger partial charge on any atom is -0.490 e. The molecule has 1 aromatic heterocycles. The lowest BCUT2D eigenvalue weighted by molar-refractivity contribution is 0.305. The fourth-order valence-electron chi connectivity index (χ4n) is 0.538. The molecule has 0 saturated carbocycles. The number of ether oxygens (including phenoxy) is 1. The molecular formula is C6H6O4. The van der Waals surface area contributed by atoms with Gasteiger partial charge in [0.05, 0.1) is 13.2 Å². The van der Waals surface area contributed by atoms with E-state index in [9.17, 15) is 4.79 Å². The highest BCUT2D eigenvalue weighted by Gasteiger charge is 1.99. The molecule has 0 aromatic carbocycles. The van der Waals surface area contributed by atoms with Crippen LogP contribution in [0.1, 0.15) is 0 Å². The lowest BCUT2D eigenvalue weighted by Gasteiger charge is -1.94. The van der Waals surface area contributed by atoms with Crippen molar-refractivity contribution < 1.29 is 14.3 Å². The van der Waals surface area contributed by atoms with Crippen molar-refractivity contribution in [2.75, 3.05) is 7.11 Å². The molecule has 4 heteroatoms. The molecule has 0 bridgehead atoms. The van der Waals surface area contributed by atoms with Crippen LogP contribution in [0, 0.1) is 0 Å². The largest absolute Gasteiger partial charge is 0.490 e. The van der Waals surface area contributed by atoms with E-state index in [0.29, 0.717) is 0 Å². The molecule has 0 unspecified atom stereocenters. The van der Waals surface area contributed by atoms with Gasteiger partial charge in [0, 0.05) is 0 Å². The van der Waals surface area contributed by atoms with Crippen molar-refractivity contribution in [3.63, 3.8) is 0 Å². The van der Waals surface area contributed by atoms with Gasteiger partial charge in [-0.2, -0.15) is 0 Å². The maximum atomic E-state index is 10.7. The van der Waals surface area contributed by atoms with Crippen molar-refractivity contribution in [3.05, 3.63) is 22.6 Å². The highest BCUT2D eigenvalue weighted by atomic mass is 16.5. The summed E-state index contributed by atoms with van der Waals surface area (Å²) < 4.78 is 9.04. The standard InChI is InChI=1S/C6H6O4/c1-9-5-3-10-6(8)2-4(5)7/h2-3,8H,1H3. The molecule has 0 atom stereocenters. The van der Waals surface area contributed by atoms with Crippen LogP contribution in [0.25, 0.3) is 0 Å². The first-order valence-corrected chi connectivity index (χ1v) is 2.60. The van der Waals surface area contributed by atoms with Gasteiger partial charge in [0.25, 0.3) is 5.95 Å². The molecule has 1 rings (SSSR count). The van der Waals surface area contributed by atoms with Crippen LogP contribution in [0.2, 0.25) is 0 Å². The van der Waals surface area contributed by atoms with Crippen LogP contribution in [0.5, 0.6) is 11.7 Å². The molecule has 1 N–H and O–H groups in total. The van der Waals surface area contributed by atoms with E-state index >= 15 is 0 Å². The van der Waals surface area contributed by atoms with Gasteiger partial charge in [-0.3, -0.25) is 4.79 Å². The van der Waals surface area contributed by atoms with Gasteiger partial charge in [0.2, 0.25) is 11.2 Å². The molecule has 0 amide bonds. The Labute approximate surface area is 56.7 Å². The molecule has 0 spiro atoms. The highest BCUT2D eigenvalue weighted by Crippen LogP contribution is 2.08. The third-order valence-electron chi connectivity index (χ3n) is 1.00. The molecule has 0 saturated heterocycles. The summed E-state index contributed by atoms with van der Waals surface area (Å²) in [4.78, 5) is 10.7. The number of methoxy groups -OCH3 is 1. The summed E-state index contributed by atoms with van der Waals surface area (Å²) in [5, 5.41) is 8.61. The third kappa shape index (κ3) is 1.10. The smallest absolute Gasteiger partial charge is 0.285 e. The van der Waals surface area contributed by atoms with Gasteiger partial charge >= 0.3 is 0 Å². The van der Waals surface area contributed by atoms with E-state index in [1.165, 1.54) is 7.11 Å². The van der Waals surface area contributed by atoms with Gasteiger partial charge in [-0.05, 0) is 0 Å². The number of rotatable bonds is 1. The maximum absolute atomic E-state index is 10.7. The Kier molecular flexibility index (Phi) is 1.62. The Morgan fingerprint density at radius 2 is 2.40 bits per heavy atom. The molecule has 10 heavy (non-hydrogen) atoms. The zero-order valence-corrected chi connectivity index (χ0v) is 5.33. The SMILES string of the molecule is COc1coc(O)cc1=O. The van der Waals surface area contributed by atoms with Gasteiger partial charge in [-0.25, -0.2) is 0 Å². The van der Waals surface area contributed by atoms with E-state index in [4.69, 9.17) is 5.11 Å². The maximum Gasteiger partial charge on any atom is 0.285 e. The van der Waals surface area contributed by atoms with Gasteiger partial charge in [0.15, 0.2) is 0 Å². The first kappa shape index (κ1) is 6.67. The van der Waals surface area contributed by atoms with Crippen molar-refractivity contribution in [1.29, 1.82) is 0 Å². The van der Waals surface area contributed by atoms with Crippen molar-refractivity contribution in [1.82, 2.24) is 0 Å². The predicted molar refractivity (Wildman–Crippen MR) is 33.2 cm³/mol. The zero-order chi connectivity index (χ0) is 7.56. The summed E-state index contributed by atoms with van der Waals surface area (Å²) in [6, 6.07) is 0.943. The van der Waals surface area contributed by atoms with Gasteiger partial charge in [-0.1, -0.05) is 0 Å². The molecule has 1 aromatic rings. The van der Waals surface area contributed by atoms with Crippen molar-refractivity contribution in [2.45, 2.75) is 0 Å². The monoisotopic (exact) mass is 142 g/mol. The number of hydrogen-bond acceptors (Lipinski definition) is 4. The number of aromatic hydroxyl groups is 1. The van der Waals surface area contributed by atoms with Crippen molar-refractivity contribution >= 4 is 0 Å². The molecule has 0 fully saturated rings. The van der Waals surface area contributed by atoms with E-state index in [1.54, 1.807) is 0 Å².